The summed E-state index contributed by atoms with van der Waals surface area (Å²) in [6, 6.07) is 9.84. The number of hydrogen-bond donors (Lipinski definition) is 1. The quantitative estimate of drug-likeness (QED) is 0.916. The molecule has 0 unspecified atom stereocenters. The van der Waals surface area contributed by atoms with Crippen molar-refractivity contribution in [2.75, 3.05) is 13.1 Å². The normalized spacial score (nSPS) is 18.3. The van der Waals surface area contributed by atoms with E-state index in [-0.39, 0.29) is 24.5 Å². The second-order valence-electron chi connectivity index (χ2n) is 4.27. The molecule has 1 aliphatic rings. The standard InChI is InChI=1S/C13H18N2O2.ClH/c14-9-12-7-4-8-15(12)13(16)17-10-11-5-2-1-3-6-11;/h1-3,5-6,12H,4,7-10,14H2;1H/t12-;/m1./s1. The van der Waals surface area contributed by atoms with Crippen molar-refractivity contribution in [3.05, 3.63) is 35.9 Å². The number of carbonyl (C=O) groups excluding carboxylic acids is 1. The third-order valence-corrected chi connectivity index (χ3v) is 3.09. The SMILES string of the molecule is Cl.NC[C@H]1CCCN1C(=O)OCc1ccccc1. The van der Waals surface area contributed by atoms with Gasteiger partial charge in [0, 0.05) is 19.1 Å². The summed E-state index contributed by atoms with van der Waals surface area (Å²) in [5.74, 6) is 0. The molecule has 5 heteroatoms. The van der Waals surface area contributed by atoms with Gasteiger partial charge >= 0.3 is 6.09 Å². The van der Waals surface area contributed by atoms with Gasteiger partial charge in [0.1, 0.15) is 6.61 Å². The van der Waals surface area contributed by atoms with Gasteiger partial charge in [0.15, 0.2) is 0 Å². The van der Waals surface area contributed by atoms with Crippen molar-refractivity contribution in [1.29, 1.82) is 0 Å². The number of nitrogens with zero attached hydrogens (tertiary/aromatic N) is 1. The third-order valence-electron chi connectivity index (χ3n) is 3.09. The summed E-state index contributed by atoms with van der Waals surface area (Å²) < 4.78 is 5.28. The molecule has 0 radical (unpaired) electrons. The van der Waals surface area contributed by atoms with Crippen molar-refractivity contribution in [2.45, 2.75) is 25.5 Å². The number of carbonyl (C=O) groups is 1. The molecule has 1 fully saturated rings. The lowest BCUT2D eigenvalue weighted by molar-refractivity contribution is 0.0931. The highest BCUT2D eigenvalue weighted by atomic mass is 35.5. The molecule has 1 atom stereocenters. The smallest absolute Gasteiger partial charge is 0.410 e. The molecular formula is C13H19ClN2O2. The Kier molecular flexibility index (Phi) is 5.95. The summed E-state index contributed by atoms with van der Waals surface area (Å²) in [6.45, 7) is 1.60. The Labute approximate surface area is 114 Å². The minimum absolute atomic E-state index is 0. The second-order valence-corrected chi connectivity index (χ2v) is 4.27. The van der Waals surface area contributed by atoms with E-state index in [0.29, 0.717) is 13.2 Å². The molecule has 0 aromatic heterocycles. The van der Waals surface area contributed by atoms with Crippen molar-refractivity contribution >= 4 is 18.5 Å². The van der Waals surface area contributed by atoms with Crippen molar-refractivity contribution in [2.24, 2.45) is 5.73 Å². The van der Waals surface area contributed by atoms with Gasteiger partial charge in [-0.05, 0) is 18.4 Å². The fourth-order valence-electron chi connectivity index (χ4n) is 2.12. The van der Waals surface area contributed by atoms with Crippen LogP contribution in [0.5, 0.6) is 0 Å². The van der Waals surface area contributed by atoms with Crippen molar-refractivity contribution < 1.29 is 9.53 Å². The molecule has 1 saturated heterocycles. The summed E-state index contributed by atoms with van der Waals surface area (Å²) in [4.78, 5) is 13.6. The van der Waals surface area contributed by atoms with E-state index in [9.17, 15) is 4.79 Å². The molecule has 1 heterocycles. The Bertz CT molecular complexity index is 373. The van der Waals surface area contributed by atoms with E-state index in [1.807, 2.05) is 30.3 Å². The first-order chi connectivity index (χ1) is 8.31. The first kappa shape index (κ1) is 14.8. The number of hydrogen-bond acceptors (Lipinski definition) is 3. The summed E-state index contributed by atoms with van der Waals surface area (Å²) >= 11 is 0. The Hall–Kier alpha value is -1.26. The topological polar surface area (TPSA) is 55.6 Å². The van der Waals surface area contributed by atoms with Crippen LogP contribution in [0.15, 0.2) is 30.3 Å². The first-order valence-corrected chi connectivity index (χ1v) is 5.98. The van der Waals surface area contributed by atoms with Crippen LogP contribution in [-0.4, -0.2) is 30.1 Å². The van der Waals surface area contributed by atoms with Gasteiger partial charge in [-0.2, -0.15) is 0 Å². The number of nitrogens with two attached hydrogens (primary N) is 1. The molecule has 0 spiro atoms. The zero-order valence-corrected chi connectivity index (χ0v) is 11.1. The van der Waals surface area contributed by atoms with Gasteiger partial charge < -0.3 is 15.4 Å². The van der Waals surface area contributed by atoms with Crippen LogP contribution >= 0.6 is 12.4 Å². The Morgan fingerprint density at radius 2 is 2.11 bits per heavy atom. The molecule has 2 N–H and O–H groups in total. The van der Waals surface area contributed by atoms with Crippen LogP contribution in [0, 0.1) is 0 Å². The van der Waals surface area contributed by atoms with Crippen LogP contribution < -0.4 is 5.73 Å². The molecule has 1 aromatic rings. The minimum Gasteiger partial charge on any atom is -0.445 e. The number of benzene rings is 1. The fourth-order valence-corrected chi connectivity index (χ4v) is 2.12. The molecule has 4 nitrogen and oxygen atoms in total. The molecule has 2 rings (SSSR count). The highest BCUT2D eigenvalue weighted by Gasteiger charge is 2.28. The molecular weight excluding hydrogens is 252 g/mol. The average Bonchev–Trinajstić information content (AvgIpc) is 2.85. The average molecular weight is 271 g/mol. The van der Waals surface area contributed by atoms with E-state index in [4.69, 9.17) is 10.5 Å². The van der Waals surface area contributed by atoms with Crippen LogP contribution in [0.25, 0.3) is 0 Å². The number of ether oxygens (including phenoxy) is 1. The van der Waals surface area contributed by atoms with E-state index in [0.717, 1.165) is 24.9 Å². The molecule has 1 aliphatic heterocycles. The molecule has 0 saturated carbocycles. The van der Waals surface area contributed by atoms with Crippen LogP contribution in [0.4, 0.5) is 4.79 Å². The van der Waals surface area contributed by atoms with Gasteiger partial charge in [0.05, 0.1) is 0 Å². The van der Waals surface area contributed by atoms with Crippen LogP contribution in [-0.2, 0) is 11.3 Å². The second kappa shape index (κ2) is 7.24. The van der Waals surface area contributed by atoms with E-state index in [1.165, 1.54) is 0 Å². The zero-order chi connectivity index (χ0) is 12.1. The number of halogens is 1. The van der Waals surface area contributed by atoms with Crippen LogP contribution in [0.2, 0.25) is 0 Å². The maximum absolute atomic E-state index is 11.8. The van der Waals surface area contributed by atoms with E-state index < -0.39 is 0 Å². The molecule has 0 aliphatic carbocycles. The Morgan fingerprint density at radius 3 is 2.78 bits per heavy atom. The van der Waals surface area contributed by atoms with Crippen LogP contribution in [0.1, 0.15) is 18.4 Å². The van der Waals surface area contributed by atoms with Crippen molar-refractivity contribution in [1.82, 2.24) is 4.90 Å². The maximum Gasteiger partial charge on any atom is 0.410 e. The minimum atomic E-state index is -0.248. The van der Waals surface area contributed by atoms with Gasteiger partial charge in [0.2, 0.25) is 0 Å². The van der Waals surface area contributed by atoms with Crippen molar-refractivity contribution in [3.63, 3.8) is 0 Å². The van der Waals surface area contributed by atoms with Gasteiger partial charge in [-0.3, -0.25) is 0 Å². The summed E-state index contributed by atoms with van der Waals surface area (Å²) in [5.41, 5.74) is 6.62. The molecule has 1 aromatic carbocycles. The number of amides is 1. The molecule has 0 bridgehead atoms. The molecule has 18 heavy (non-hydrogen) atoms. The predicted octanol–water partition coefficient (Wildman–Crippen LogP) is 2.17. The fraction of sp³-hybridized carbons (Fsp3) is 0.462. The molecule has 100 valence electrons. The Morgan fingerprint density at radius 1 is 1.39 bits per heavy atom. The summed E-state index contributed by atoms with van der Waals surface area (Å²) in [6.07, 6.45) is 1.75. The van der Waals surface area contributed by atoms with E-state index in [1.54, 1.807) is 4.90 Å². The van der Waals surface area contributed by atoms with Crippen LogP contribution in [0.3, 0.4) is 0 Å². The lowest BCUT2D eigenvalue weighted by Crippen LogP contribution is -2.40. The lowest BCUT2D eigenvalue weighted by atomic mass is 10.2. The first-order valence-electron chi connectivity index (χ1n) is 5.98. The van der Waals surface area contributed by atoms with Gasteiger partial charge in [-0.15, -0.1) is 12.4 Å². The molecule has 1 amide bonds. The highest BCUT2D eigenvalue weighted by Crippen LogP contribution is 2.17. The summed E-state index contributed by atoms with van der Waals surface area (Å²) in [5, 5.41) is 0. The number of rotatable bonds is 3. The largest absolute Gasteiger partial charge is 0.445 e. The van der Waals surface area contributed by atoms with E-state index in [2.05, 4.69) is 0 Å². The third kappa shape index (κ3) is 3.62. The number of likely N-dealkylation sites (tertiary alicyclic amines) is 1. The zero-order valence-electron chi connectivity index (χ0n) is 10.2. The van der Waals surface area contributed by atoms with Gasteiger partial charge in [0.25, 0.3) is 0 Å². The summed E-state index contributed by atoms with van der Waals surface area (Å²) in [7, 11) is 0. The van der Waals surface area contributed by atoms with E-state index >= 15 is 0 Å². The maximum atomic E-state index is 11.8. The van der Waals surface area contributed by atoms with Gasteiger partial charge in [-0.1, -0.05) is 30.3 Å². The predicted molar refractivity (Wildman–Crippen MR) is 72.7 cm³/mol. The highest BCUT2D eigenvalue weighted by molar-refractivity contribution is 5.85. The lowest BCUT2D eigenvalue weighted by Gasteiger charge is -2.22. The van der Waals surface area contributed by atoms with Gasteiger partial charge in [-0.25, -0.2) is 4.79 Å². The Balaban J connectivity index is 0.00000162. The van der Waals surface area contributed by atoms with Crippen molar-refractivity contribution in [3.8, 4) is 0 Å². The monoisotopic (exact) mass is 270 g/mol.